The summed E-state index contributed by atoms with van der Waals surface area (Å²) in [7, 11) is 1.48. The van der Waals surface area contributed by atoms with Gasteiger partial charge in [0, 0.05) is 27.4 Å². The van der Waals surface area contributed by atoms with Crippen molar-refractivity contribution in [1.82, 2.24) is 19.5 Å². The fraction of sp³-hybridized carbons (Fsp3) is 0.0455. The molecule has 0 aliphatic heterocycles. The van der Waals surface area contributed by atoms with Crippen molar-refractivity contribution < 1.29 is 9.13 Å². The molecule has 32 heavy (non-hydrogen) atoms. The number of nitrogens with zero attached hydrogens (tertiary/aromatic N) is 4. The highest BCUT2D eigenvalue weighted by atomic mass is 32.1. The number of methoxy groups -OCH3 is 1. The first kappa shape index (κ1) is 19.6. The van der Waals surface area contributed by atoms with Crippen LogP contribution in [0.2, 0.25) is 0 Å². The summed E-state index contributed by atoms with van der Waals surface area (Å²) in [5, 5.41) is 10.0. The Bertz CT molecular complexity index is 1690. The lowest BCUT2D eigenvalue weighted by Crippen LogP contribution is -2.33. The predicted molar refractivity (Wildman–Crippen MR) is 118 cm³/mol. The second-order valence-electron chi connectivity index (χ2n) is 6.80. The summed E-state index contributed by atoms with van der Waals surface area (Å²) in [5.41, 5.74) is -0.375. The molecule has 0 saturated heterocycles. The van der Waals surface area contributed by atoms with Crippen LogP contribution in [-0.4, -0.2) is 26.6 Å². The monoisotopic (exact) mass is 445 g/mol. The smallest absolute Gasteiger partial charge is 0.333 e. The zero-order valence-electron chi connectivity index (χ0n) is 16.4. The Hall–Kier alpha value is -4.36. The normalized spacial score (nSPS) is 11.0. The molecular formula is C22H12FN5O3S. The van der Waals surface area contributed by atoms with Gasteiger partial charge in [0.2, 0.25) is 0 Å². The van der Waals surface area contributed by atoms with Crippen molar-refractivity contribution in [3.05, 3.63) is 81.3 Å². The van der Waals surface area contributed by atoms with Crippen LogP contribution in [0.3, 0.4) is 0 Å². The Morgan fingerprint density at radius 1 is 1.22 bits per heavy atom. The number of ether oxygens (including phenoxy) is 1. The molecule has 156 valence electrons. The number of nitrogens with one attached hydrogen (secondary N) is 1. The van der Waals surface area contributed by atoms with Crippen molar-refractivity contribution in [2.75, 3.05) is 7.11 Å². The average Bonchev–Trinajstić information content (AvgIpc) is 3.23. The molecule has 0 saturated carbocycles. The maximum absolute atomic E-state index is 14.6. The third kappa shape index (κ3) is 2.95. The van der Waals surface area contributed by atoms with Crippen molar-refractivity contribution in [1.29, 1.82) is 5.26 Å². The van der Waals surface area contributed by atoms with E-state index < -0.39 is 17.1 Å². The minimum atomic E-state index is -0.728. The van der Waals surface area contributed by atoms with Gasteiger partial charge in [0.25, 0.3) is 5.56 Å². The number of benzene rings is 1. The van der Waals surface area contributed by atoms with E-state index in [-0.39, 0.29) is 21.5 Å². The molecule has 0 atom stereocenters. The number of rotatable bonds is 3. The summed E-state index contributed by atoms with van der Waals surface area (Å²) in [5.74, 6) is -0.126. The highest BCUT2D eigenvalue weighted by Crippen LogP contribution is 2.34. The van der Waals surface area contributed by atoms with E-state index in [1.165, 1.54) is 37.8 Å². The molecule has 0 fully saturated rings. The van der Waals surface area contributed by atoms with Gasteiger partial charge < -0.3 is 9.72 Å². The van der Waals surface area contributed by atoms with Crippen molar-refractivity contribution in [2.45, 2.75) is 0 Å². The van der Waals surface area contributed by atoms with Gasteiger partial charge in [-0.15, -0.1) is 11.3 Å². The molecule has 0 amide bonds. The highest BCUT2D eigenvalue weighted by Gasteiger charge is 2.19. The molecule has 4 aromatic heterocycles. The van der Waals surface area contributed by atoms with E-state index in [4.69, 9.17) is 4.74 Å². The lowest BCUT2D eigenvalue weighted by molar-refractivity contribution is 0.413. The van der Waals surface area contributed by atoms with Crippen LogP contribution in [0.15, 0.2) is 58.5 Å². The number of hydrogen-bond donors (Lipinski definition) is 1. The van der Waals surface area contributed by atoms with E-state index in [0.717, 1.165) is 15.9 Å². The second-order valence-corrected chi connectivity index (χ2v) is 7.86. The first-order valence-corrected chi connectivity index (χ1v) is 10.1. The first-order chi connectivity index (χ1) is 15.5. The molecule has 5 aromatic rings. The van der Waals surface area contributed by atoms with Gasteiger partial charge in [-0.05, 0) is 18.2 Å². The molecule has 0 aliphatic carbocycles. The lowest BCUT2D eigenvalue weighted by atomic mass is 10.1. The van der Waals surface area contributed by atoms with Gasteiger partial charge in [-0.3, -0.25) is 9.78 Å². The molecule has 5 rings (SSSR count). The predicted octanol–water partition coefficient (Wildman–Crippen LogP) is 3.37. The maximum Gasteiger partial charge on any atom is 0.333 e. The fourth-order valence-electron chi connectivity index (χ4n) is 3.53. The largest absolute Gasteiger partial charge is 0.495 e. The third-order valence-electron chi connectivity index (χ3n) is 5.00. The maximum atomic E-state index is 14.6. The molecule has 8 nitrogen and oxygen atoms in total. The van der Waals surface area contributed by atoms with Crippen molar-refractivity contribution in [2.24, 2.45) is 0 Å². The number of pyridine rings is 2. The minimum Gasteiger partial charge on any atom is -0.495 e. The van der Waals surface area contributed by atoms with Gasteiger partial charge in [-0.2, -0.15) is 5.26 Å². The summed E-state index contributed by atoms with van der Waals surface area (Å²) >= 11 is 1.09. The van der Waals surface area contributed by atoms with Crippen molar-refractivity contribution >= 4 is 32.3 Å². The van der Waals surface area contributed by atoms with Crippen LogP contribution in [0, 0.1) is 17.1 Å². The third-order valence-corrected chi connectivity index (χ3v) is 6.15. The number of H-pyrrole nitrogens is 1. The summed E-state index contributed by atoms with van der Waals surface area (Å²) in [6.45, 7) is 0. The van der Waals surface area contributed by atoms with E-state index in [9.17, 15) is 19.2 Å². The van der Waals surface area contributed by atoms with Crippen LogP contribution < -0.4 is 16.0 Å². The van der Waals surface area contributed by atoms with E-state index in [0.29, 0.717) is 27.1 Å². The second kappa shape index (κ2) is 7.40. The number of thiophene rings is 1. The Labute approximate surface area is 182 Å². The highest BCUT2D eigenvalue weighted by molar-refractivity contribution is 7.22. The van der Waals surface area contributed by atoms with Crippen LogP contribution in [0.1, 0.15) is 5.69 Å². The first-order valence-electron chi connectivity index (χ1n) is 9.28. The van der Waals surface area contributed by atoms with Crippen LogP contribution in [-0.2, 0) is 0 Å². The molecule has 0 bridgehead atoms. The van der Waals surface area contributed by atoms with Gasteiger partial charge in [-0.25, -0.2) is 18.7 Å². The summed E-state index contributed by atoms with van der Waals surface area (Å²) < 4.78 is 20.9. The minimum absolute atomic E-state index is 0.0458. The van der Waals surface area contributed by atoms with Crippen LogP contribution in [0.25, 0.3) is 37.1 Å². The number of fused-ring (bicyclic) bond motifs is 2. The Balaban J connectivity index is 1.80. The molecule has 0 radical (unpaired) electrons. The molecule has 0 unspecified atom stereocenters. The van der Waals surface area contributed by atoms with Crippen LogP contribution in [0.4, 0.5) is 4.39 Å². The Kier molecular flexibility index (Phi) is 4.53. The topological polar surface area (TPSA) is 114 Å². The van der Waals surface area contributed by atoms with Crippen molar-refractivity contribution in [3.8, 4) is 27.9 Å². The van der Waals surface area contributed by atoms with E-state index >= 15 is 0 Å². The van der Waals surface area contributed by atoms with Crippen LogP contribution in [0.5, 0.6) is 5.75 Å². The van der Waals surface area contributed by atoms with Crippen molar-refractivity contribution in [3.63, 3.8) is 0 Å². The van der Waals surface area contributed by atoms with Gasteiger partial charge >= 0.3 is 5.69 Å². The zero-order chi connectivity index (χ0) is 22.4. The molecule has 4 heterocycles. The standard InChI is InChI=1S/C22H12FN5O3S/c1-31-12-5-13(16(7-24)26-9-12)18-6-15-20(32-18)21(29)28(22(30)27-15)17-10-25-8-11-3-2-4-14(23)19(11)17/h2-6,8-10H,1H3,(H,27,30). The molecule has 10 heteroatoms. The van der Waals surface area contributed by atoms with Gasteiger partial charge in [0.15, 0.2) is 0 Å². The fourth-order valence-corrected chi connectivity index (χ4v) is 4.59. The summed E-state index contributed by atoms with van der Waals surface area (Å²) in [6, 6.07) is 9.68. The van der Waals surface area contributed by atoms with Gasteiger partial charge in [0.1, 0.15) is 28.0 Å². The summed E-state index contributed by atoms with van der Waals surface area (Å²) in [6.07, 6.45) is 4.16. The van der Waals surface area contributed by atoms with Gasteiger partial charge in [0.05, 0.1) is 30.7 Å². The number of halogens is 1. The number of nitriles is 1. The Morgan fingerprint density at radius 2 is 2.06 bits per heavy atom. The molecular weight excluding hydrogens is 433 g/mol. The average molecular weight is 445 g/mol. The number of aromatic amines is 1. The van der Waals surface area contributed by atoms with E-state index in [1.54, 1.807) is 18.2 Å². The summed E-state index contributed by atoms with van der Waals surface area (Å²) in [4.78, 5) is 37.5. The van der Waals surface area contributed by atoms with Gasteiger partial charge in [-0.1, -0.05) is 12.1 Å². The quantitative estimate of drug-likeness (QED) is 0.456. The molecule has 1 aromatic carbocycles. The lowest BCUT2D eigenvalue weighted by Gasteiger charge is -2.08. The van der Waals surface area contributed by atoms with Crippen LogP contribution >= 0.6 is 11.3 Å². The SMILES string of the molecule is COc1cnc(C#N)c(-c2cc3[nH]c(=O)n(-c4cncc5cccc(F)c45)c(=O)c3s2)c1. The van der Waals surface area contributed by atoms with E-state index in [2.05, 4.69) is 15.0 Å². The molecule has 0 aliphatic rings. The molecule has 1 N–H and O–H groups in total. The van der Waals surface area contributed by atoms with E-state index in [1.807, 2.05) is 6.07 Å². The molecule has 0 spiro atoms. The zero-order valence-corrected chi connectivity index (χ0v) is 17.2. The Morgan fingerprint density at radius 3 is 2.84 bits per heavy atom. The number of hydrogen-bond acceptors (Lipinski definition) is 7. The number of aromatic nitrogens is 4.